The molecule has 0 saturated carbocycles. The van der Waals surface area contributed by atoms with E-state index in [0.29, 0.717) is 18.5 Å². The Morgan fingerprint density at radius 1 is 0.773 bits per heavy atom. The summed E-state index contributed by atoms with van der Waals surface area (Å²) in [7, 11) is 0. The Morgan fingerprint density at radius 2 is 1.23 bits per heavy atom. The molecule has 2 aromatic rings. The van der Waals surface area contributed by atoms with Crippen molar-refractivity contribution in [3.05, 3.63) is 71.8 Å². The van der Waals surface area contributed by atoms with Crippen LogP contribution in [0.5, 0.6) is 0 Å². The van der Waals surface area contributed by atoms with Crippen LogP contribution in [0.3, 0.4) is 0 Å². The molecule has 0 N–H and O–H groups in total. The first-order valence-corrected chi connectivity index (χ1v) is 8.84. The van der Waals surface area contributed by atoms with Crippen LogP contribution in [0.1, 0.15) is 30.2 Å². The Balaban J connectivity index is 2.12. The van der Waals surface area contributed by atoms with Crippen molar-refractivity contribution in [2.75, 3.05) is 19.0 Å². The van der Waals surface area contributed by atoms with Crippen LogP contribution in [0.25, 0.3) is 0 Å². The summed E-state index contributed by atoms with van der Waals surface area (Å²) < 4.78 is 11.3. The highest BCUT2D eigenvalue weighted by atomic mass is 32.2. The van der Waals surface area contributed by atoms with Gasteiger partial charge in [0.25, 0.3) is 0 Å². The minimum Gasteiger partial charge on any atom is -0.352 e. The molecule has 0 unspecified atom stereocenters. The largest absolute Gasteiger partial charge is 0.352 e. The monoisotopic (exact) mass is 316 g/mol. The first-order valence-electron chi connectivity index (χ1n) is 7.79. The highest BCUT2D eigenvalue weighted by Crippen LogP contribution is 2.36. The van der Waals surface area contributed by atoms with Gasteiger partial charge in [-0.25, -0.2) is 0 Å². The van der Waals surface area contributed by atoms with Crippen molar-refractivity contribution in [3.8, 4) is 0 Å². The first kappa shape index (κ1) is 17.1. The minimum atomic E-state index is -0.144. The van der Waals surface area contributed by atoms with Crippen molar-refractivity contribution in [2.24, 2.45) is 0 Å². The molecule has 0 spiro atoms. The zero-order valence-electron chi connectivity index (χ0n) is 13.3. The molecular formula is C19H24O2S. The third-order valence-corrected chi connectivity index (χ3v) is 4.65. The summed E-state index contributed by atoms with van der Waals surface area (Å²) in [6.07, 6.45) is -0.144. The molecule has 0 bridgehead atoms. The van der Waals surface area contributed by atoms with Crippen molar-refractivity contribution < 1.29 is 9.47 Å². The van der Waals surface area contributed by atoms with Gasteiger partial charge in [0, 0.05) is 19.0 Å². The summed E-state index contributed by atoms with van der Waals surface area (Å²) in [5.74, 6) is 0.816. The van der Waals surface area contributed by atoms with Crippen LogP contribution in [-0.4, -0.2) is 25.3 Å². The third-order valence-electron chi connectivity index (χ3n) is 3.31. The van der Waals surface area contributed by atoms with Crippen molar-refractivity contribution in [3.63, 3.8) is 0 Å². The van der Waals surface area contributed by atoms with Gasteiger partial charge in [-0.2, -0.15) is 0 Å². The van der Waals surface area contributed by atoms with Gasteiger partial charge in [-0.3, -0.25) is 0 Å². The Labute approximate surface area is 137 Å². The van der Waals surface area contributed by atoms with Gasteiger partial charge in [0.05, 0.1) is 5.25 Å². The Hall–Kier alpha value is -1.29. The molecule has 2 aromatic carbocycles. The molecule has 0 heterocycles. The van der Waals surface area contributed by atoms with Crippen LogP contribution in [0, 0.1) is 0 Å². The lowest BCUT2D eigenvalue weighted by Crippen LogP contribution is -2.20. The lowest BCUT2D eigenvalue weighted by molar-refractivity contribution is -0.120. The molecule has 0 atom stereocenters. The molecule has 0 aliphatic carbocycles. The second-order valence-corrected chi connectivity index (χ2v) is 6.01. The Kier molecular flexibility index (Phi) is 7.50. The average molecular weight is 316 g/mol. The molecule has 3 heteroatoms. The lowest BCUT2D eigenvalue weighted by Gasteiger charge is -2.22. The number of ether oxygens (including phenoxy) is 2. The highest BCUT2D eigenvalue weighted by Gasteiger charge is 2.17. The van der Waals surface area contributed by atoms with E-state index in [4.69, 9.17) is 9.47 Å². The summed E-state index contributed by atoms with van der Waals surface area (Å²) >= 11 is 1.87. The molecule has 0 radical (unpaired) electrons. The molecule has 0 aromatic heterocycles. The van der Waals surface area contributed by atoms with Crippen molar-refractivity contribution in [2.45, 2.75) is 25.4 Å². The third kappa shape index (κ3) is 5.16. The van der Waals surface area contributed by atoms with Crippen LogP contribution in [0.4, 0.5) is 0 Å². The van der Waals surface area contributed by atoms with E-state index in [0.717, 1.165) is 5.75 Å². The van der Waals surface area contributed by atoms with Gasteiger partial charge >= 0.3 is 0 Å². The number of hydrogen-bond donors (Lipinski definition) is 0. The topological polar surface area (TPSA) is 18.5 Å². The molecule has 22 heavy (non-hydrogen) atoms. The number of thioether (sulfide) groups is 1. The Morgan fingerprint density at radius 3 is 1.64 bits per heavy atom. The molecule has 0 amide bonds. The van der Waals surface area contributed by atoms with E-state index in [1.807, 2.05) is 25.6 Å². The SMILES string of the molecule is CCOC(CSC(c1ccccc1)c1ccccc1)OCC. The van der Waals surface area contributed by atoms with Gasteiger partial charge < -0.3 is 9.47 Å². The van der Waals surface area contributed by atoms with Gasteiger partial charge in [-0.05, 0) is 25.0 Å². The quantitative estimate of drug-likeness (QED) is 0.613. The maximum absolute atomic E-state index is 5.66. The van der Waals surface area contributed by atoms with Crippen LogP contribution >= 0.6 is 11.8 Å². The van der Waals surface area contributed by atoms with E-state index in [9.17, 15) is 0 Å². The predicted molar refractivity (Wildman–Crippen MR) is 94.2 cm³/mol. The van der Waals surface area contributed by atoms with E-state index >= 15 is 0 Å². The zero-order chi connectivity index (χ0) is 15.6. The average Bonchev–Trinajstić information content (AvgIpc) is 2.57. The first-order chi connectivity index (χ1) is 10.8. The summed E-state index contributed by atoms with van der Waals surface area (Å²) in [6.45, 7) is 5.35. The molecule has 0 saturated heterocycles. The van der Waals surface area contributed by atoms with Crippen LogP contribution in [-0.2, 0) is 9.47 Å². The second kappa shape index (κ2) is 9.67. The van der Waals surface area contributed by atoms with E-state index in [2.05, 4.69) is 60.7 Å². The van der Waals surface area contributed by atoms with Crippen molar-refractivity contribution >= 4 is 11.8 Å². The highest BCUT2D eigenvalue weighted by molar-refractivity contribution is 7.99. The Bertz CT molecular complexity index is 470. The summed E-state index contributed by atoms with van der Waals surface area (Å²) in [6, 6.07) is 21.2. The molecule has 0 fully saturated rings. The fourth-order valence-electron chi connectivity index (χ4n) is 2.33. The van der Waals surface area contributed by atoms with Gasteiger partial charge in [-0.1, -0.05) is 60.7 Å². The van der Waals surface area contributed by atoms with Crippen molar-refractivity contribution in [1.82, 2.24) is 0 Å². The summed E-state index contributed by atoms with van der Waals surface area (Å²) in [4.78, 5) is 0. The van der Waals surface area contributed by atoms with Crippen LogP contribution < -0.4 is 0 Å². The number of rotatable bonds is 9. The van der Waals surface area contributed by atoms with Crippen molar-refractivity contribution in [1.29, 1.82) is 0 Å². The van der Waals surface area contributed by atoms with Gasteiger partial charge in [0.2, 0.25) is 0 Å². The molecule has 2 rings (SSSR count). The molecule has 2 nitrogen and oxygen atoms in total. The maximum Gasteiger partial charge on any atom is 0.166 e. The van der Waals surface area contributed by atoms with E-state index < -0.39 is 0 Å². The zero-order valence-corrected chi connectivity index (χ0v) is 14.1. The van der Waals surface area contributed by atoms with Crippen LogP contribution in [0.15, 0.2) is 60.7 Å². The fraction of sp³-hybridized carbons (Fsp3) is 0.368. The smallest absolute Gasteiger partial charge is 0.166 e. The normalized spacial score (nSPS) is 11.3. The standard InChI is InChI=1S/C19H24O2S/c1-3-20-18(21-4-2)15-22-19(16-11-7-5-8-12-16)17-13-9-6-10-14-17/h5-14,18-19H,3-4,15H2,1-2H3. The second-order valence-electron chi connectivity index (χ2n) is 4.87. The summed E-state index contributed by atoms with van der Waals surface area (Å²) in [5, 5.41) is 0.297. The minimum absolute atomic E-state index is 0.144. The maximum atomic E-state index is 5.66. The van der Waals surface area contributed by atoms with E-state index in [1.165, 1.54) is 11.1 Å². The lowest BCUT2D eigenvalue weighted by atomic mass is 10.0. The predicted octanol–water partition coefficient (Wildman–Crippen LogP) is 4.91. The molecule has 118 valence electrons. The van der Waals surface area contributed by atoms with Crippen LogP contribution in [0.2, 0.25) is 0 Å². The molecule has 0 aliphatic rings. The van der Waals surface area contributed by atoms with E-state index in [-0.39, 0.29) is 6.29 Å². The number of hydrogen-bond acceptors (Lipinski definition) is 3. The van der Waals surface area contributed by atoms with Gasteiger partial charge in [0.1, 0.15) is 0 Å². The molecule has 0 aliphatic heterocycles. The number of benzene rings is 2. The molecular weight excluding hydrogens is 292 g/mol. The summed E-state index contributed by atoms with van der Waals surface area (Å²) in [5.41, 5.74) is 2.62. The van der Waals surface area contributed by atoms with Gasteiger partial charge in [-0.15, -0.1) is 11.8 Å². The van der Waals surface area contributed by atoms with E-state index in [1.54, 1.807) is 0 Å². The van der Waals surface area contributed by atoms with Gasteiger partial charge in [0.15, 0.2) is 6.29 Å². The fourth-order valence-corrected chi connectivity index (χ4v) is 3.57.